The summed E-state index contributed by atoms with van der Waals surface area (Å²) in [6.07, 6.45) is 3.35. The number of hydrogen-bond donors (Lipinski definition) is 0. The van der Waals surface area contributed by atoms with Gasteiger partial charge < -0.3 is 9.16 Å². The molecule has 0 aromatic heterocycles. The van der Waals surface area contributed by atoms with E-state index in [2.05, 4.69) is 33.9 Å². The van der Waals surface area contributed by atoms with E-state index in [0.717, 1.165) is 0 Å². The number of ether oxygens (including phenoxy) is 1. The number of carbonyl (C=O) groups is 2. The highest BCUT2D eigenvalue weighted by Crippen LogP contribution is 2.36. The maximum absolute atomic E-state index is 12.2. The van der Waals surface area contributed by atoms with Crippen LogP contribution >= 0.6 is 0 Å². The molecule has 0 N–H and O–H groups in total. The molecule has 23 heavy (non-hydrogen) atoms. The number of hydrogen-bond acceptors (Lipinski definition) is 4. The zero-order chi connectivity index (χ0) is 17.8. The topological polar surface area (TPSA) is 55.8 Å². The van der Waals surface area contributed by atoms with Gasteiger partial charge in [0.25, 0.3) is 5.91 Å². The lowest BCUT2D eigenvalue weighted by Crippen LogP contribution is -2.41. The second kappa shape index (κ2) is 7.62. The van der Waals surface area contributed by atoms with Crippen LogP contribution < -0.4 is 0 Å². The maximum Gasteiger partial charge on any atom is 0.417 e. The fraction of sp³-hybridized carbons (Fsp3) is 0.765. The summed E-state index contributed by atoms with van der Waals surface area (Å²) < 4.78 is 11.0. The maximum atomic E-state index is 12.2. The summed E-state index contributed by atoms with van der Waals surface area (Å²) in [5, 5.41) is 0.177. The molecule has 0 spiro atoms. The Hall–Kier alpha value is -1.14. The van der Waals surface area contributed by atoms with Crippen molar-refractivity contribution in [3.63, 3.8) is 0 Å². The largest absolute Gasteiger partial charge is 0.447 e. The van der Waals surface area contributed by atoms with Gasteiger partial charge in [-0.25, -0.2) is 9.69 Å². The summed E-state index contributed by atoms with van der Waals surface area (Å²) in [5.74, 6) is -0.126. The molecule has 1 aliphatic heterocycles. The second-order valence-electron chi connectivity index (χ2n) is 7.90. The van der Waals surface area contributed by atoms with Crippen molar-refractivity contribution in [2.75, 3.05) is 13.2 Å². The van der Waals surface area contributed by atoms with E-state index in [-0.39, 0.29) is 29.5 Å². The summed E-state index contributed by atoms with van der Waals surface area (Å²) in [7, 11) is -1.75. The van der Waals surface area contributed by atoms with Crippen LogP contribution in [0.5, 0.6) is 0 Å². The minimum Gasteiger partial charge on any atom is -0.447 e. The van der Waals surface area contributed by atoms with E-state index in [9.17, 15) is 9.59 Å². The Morgan fingerprint density at radius 2 is 2.04 bits per heavy atom. The number of amides is 2. The second-order valence-corrected chi connectivity index (χ2v) is 12.7. The number of imide groups is 1. The van der Waals surface area contributed by atoms with Gasteiger partial charge >= 0.3 is 6.09 Å². The molecule has 0 aliphatic carbocycles. The van der Waals surface area contributed by atoms with Gasteiger partial charge in [-0.1, -0.05) is 40.7 Å². The molecule has 5 nitrogen and oxygen atoms in total. The van der Waals surface area contributed by atoms with E-state index < -0.39 is 14.4 Å². The Kier molecular flexibility index (Phi) is 6.59. The van der Waals surface area contributed by atoms with Crippen molar-refractivity contribution in [2.24, 2.45) is 5.92 Å². The number of nitrogens with zero attached hydrogens (tertiary/aromatic N) is 1. The van der Waals surface area contributed by atoms with Gasteiger partial charge in [-0.3, -0.25) is 4.79 Å². The summed E-state index contributed by atoms with van der Waals surface area (Å²) in [5.41, 5.74) is 0. The third-order valence-corrected chi connectivity index (χ3v) is 9.27. The minimum atomic E-state index is -1.75. The highest BCUT2D eigenvalue weighted by Gasteiger charge is 2.38. The molecule has 1 saturated heterocycles. The molecule has 0 aromatic rings. The van der Waals surface area contributed by atoms with Crippen LogP contribution in [0, 0.1) is 5.92 Å². The lowest BCUT2D eigenvalue weighted by molar-refractivity contribution is -0.124. The molecular formula is C17H31NO4Si. The first-order valence-electron chi connectivity index (χ1n) is 8.28. The van der Waals surface area contributed by atoms with Crippen LogP contribution in [0.4, 0.5) is 4.79 Å². The zero-order valence-corrected chi connectivity index (χ0v) is 16.5. The molecule has 0 saturated carbocycles. The number of carbonyl (C=O) groups excluding carboxylic acids is 2. The molecule has 0 radical (unpaired) electrons. The SMILES string of the molecule is CC(C)[C@H]1COC(=O)N1C(=O)/C=C/CCO[Si](C)(C)C(C)(C)C. The van der Waals surface area contributed by atoms with E-state index in [1.807, 2.05) is 13.8 Å². The molecule has 0 bridgehead atoms. The van der Waals surface area contributed by atoms with Crippen molar-refractivity contribution in [3.05, 3.63) is 12.2 Å². The van der Waals surface area contributed by atoms with E-state index >= 15 is 0 Å². The van der Waals surface area contributed by atoms with E-state index in [1.165, 1.54) is 11.0 Å². The van der Waals surface area contributed by atoms with Crippen LogP contribution in [-0.4, -0.2) is 44.5 Å². The van der Waals surface area contributed by atoms with E-state index in [0.29, 0.717) is 13.0 Å². The van der Waals surface area contributed by atoms with Gasteiger partial charge in [0.2, 0.25) is 0 Å². The average Bonchev–Trinajstić information content (AvgIpc) is 2.78. The Bertz CT molecular complexity index is 466. The molecule has 2 amide bonds. The summed E-state index contributed by atoms with van der Waals surface area (Å²) >= 11 is 0. The van der Waals surface area contributed by atoms with Crippen LogP contribution in [0.25, 0.3) is 0 Å². The first-order valence-corrected chi connectivity index (χ1v) is 11.2. The summed E-state index contributed by atoms with van der Waals surface area (Å²) in [4.78, 5) is 25.1. The fourth-order valence-electron chi connectivity index (χ4n) is 2.04. The van der Waals surface area contributed by atoms with Gasteiger partial charge in [0.15, 0.2) is 8.32 Å². The molecule has 1 rings (SSSR count). The molecule has 0 unspecified atom stereocenters. The van der Waals surface area contributed by atoms with Crippen LogP contribution in [0.2, 0.25) is 18.1 Å². The highest BCUT2D eigenvalue weighted by atomic mass is 28.4. The third kappa shape index (κ3) is 5.17. The fourth-order valence-corrected chi connectivity index (χ4v) is 3.10. The van der Waals surface area contributed by atoms with Crippen LogP contribution in [-0.2, 0) is 14.0 Å². The van der Waals surface area contributed by atoms with Crippen molar-refractivity contribution < 1.29 is 18.8 Å². The lowest BCUT2D eigenvalue weighted by atomic mass is 10.0. The number of rotatable bonds is 6. The average molecular weight is 342 g/mol. The standard InChI is InChI=1S/C17H31NO4Si/c1-13(2)14-12-21-16(20)18(14)15(19)10-8-9-11-22-23(6,7)17(3,4)5/h8,10,13-14H,9,11-12H2,1-7H3/b10-8+/t14-/m1/s1. The smallest absolute Gasteiger partial charge is 0.417 e. The summed E-state index contributed by atoms with van der Waals surface area (Å²) in [6.45, 7) is 15.8. The molecule has 6 heteroatoms. The summed E-state index contributed by atoms with van der Waals surface area (Å²) in [6, 6.07) is -0.178. The highest BCUT2D eigenvalue weighted by molar-refractivity contribution is 6.74. The lowest BCUT2D eigenvalue weighted by Gasteiger charge is -2.36. The van der Waals surface area contributed by atoms with Crippen LogP contribution in [0.1, 0.15) is 41.0 Å². The van der Waals surface area contributed by atoms with E-state index in [1.54, 1.807) is 6.08 Å². The van der Waals surface area contributed by atoms with Crippen molar-refractivity contribution in [1.29, 1.82) is 0 Å². The van der Waals surface area contributed by atoms with Gasteiger partial charge in [-0.2, -0.15) is 0 Å². The van der Waals surface area contributed by atoms with Gasteiger partial charge in [0.1, 0.15) is 6.61 Å². The Labute approximate surface area is 141 Å². The molecule has 132 valence electrons. The van der Waals surface area contributed by atoms with Gasteiger partial charge in [-0.15, -0.1) is 0 Å². The van der Waals surface area contributed by atoms with Gasteiger partial charge in [0, 0.05) is 6.61 Å². The quantitative estimate of drug-likeness (QED) is 0.417. The van der Waals surface area contributed by atoms with Crippen molar-refractivity contribution in [3.8, 4) is 0 Å². The Morgan fingerprint density at radius 1 is 1.43 bits per heavy atom. The Balaban J connectivity index is 2.49. The molecule has 1 fully saturated rings. The minimum absolute atomic E-state index is 0.177. The number of cyclic esters (lactones) is 1. The van der Waals surface area contributed by atoms with Crippen molar-refractivity contribution in [2.45, 2.75) is 65.2 Å². The van der Waals surface area contributed by atoms with E-state index in [4.69, 9.17) is 9.16 Å². The van der Waals surface area contributed by atoms with Crippen molar-refractivity contribution in [1.82, 2.24) is 4.90 Å². The van der Waals surface area contributed by atoms with Gasteiger partial charge in [0.05, 0.1) is 6.04 Å². The van der Waals surface area contributed by atoms with Crippen molar-refractivity contribution >= 4 is 20.3 Å². The molecule has 1 atom stereocenters. The predicted molar refractivity (Wildman–Crippen MR) is 93.7 cm³/mol. The normalized spacial score (nSPS) is 19.7. The monoisotopic (exact) mass is 341 g/mol. The molecule has 0 aromatic carbocycles. The predicted octanol–water partition coefficient (Wildman–Crippen LogP) is 3.96. The Morgan fingerprint density at radius 3 is 2.57 bits per heavy atom. The van der Waals surface area contributed by atoms with Gasteiger partial charge in [-0.05, 0) is 36.5 Å². The third-order valence-electron chi connectivity index (χ3n) is 4.73. The first-order chi connectivity index (χ1) is 10.5. The van der Waals surface area contributed by atoms with Crippen LogP contribution in [0.15, 0.2) is 12.2 Å². The zero-order valence-electron chi connectivity index (χ0n) is 15.5. The molecular weight excluding hydrogens is 310 g/mol. The first kappa shape index (κ1) is 19.9. The van der Waals surface area contributed by atoms with Crippen LogP contribution in [0.3, 0.4) is 0 Å². The molecule has 1 aliphatic rings. The molecule has 1 heterocycles.